The Balaban J connectivity index is 1.92. The van der Waals surface area contributed by atoms with Gasteiger partial charge in [-0.2, -0.15) is 13.2 Å². The summed E-state index contributed by atoms with van der Waals surface area (Å²) in [7, 11) is 0. The Labute approximate surface area is 134 Å². The molecular formula is C14H13F3N4OS. The number of alkyl halides is 3. The minimum absolute atomic E-state index is 0.0333. The largest absolute Gasteiger partial charge is 0.417 e. The number of halogens is 3. The van der Waals surface area contributed by atoms with E-state index in [4.69, 9.17) is 0 Å². The summed E-state index contributed by atoms with van der Waals surface area (Å²) in [4.78, 5) is 23.7. The Hall–Kier alpha value is -2.16. The number of anilines is 1. The van der Waals surface area contributed by atoms with Gasteiger partial charge < -0.3 is 5.32 Å². The minimum Gasteiger partial charge on any atom is -0.310 e. The van der Waals surface area contributed by atoms with E-state index in [1.807, 2.05) is 19.9 Å². The van der Waals surface area contributed by atoms with Crippen LogP contribution in [0.5, 0.6) is 0 Å². The van der Waals surface area contributed by atoms with Gasteiger partial charge in [0.1, 0.15) is 5.82 Å². The molecule has 0 aromatic carbocycles. The fourth-order valence-corrected chi connectivity index (χ4v) is 2.45. The molecule has 2 rings (SSSR count). The van der Waals surface area contributed by atoms with Crippen molar-refractivity contribution in [2.75, 3.05) is 11.1 Å². The summed E-state index contributed by atoms with van der Waals surface area (Å²) in [6.07, 6.45) is -3.78. The number of amides is 1. The van der Waals surface area contributed by atoms with Crippen molar-refractivity contribution >= 4 is 23.5 Å². The van der Waals surface area contributed by atoms with E-state index in [1.165, 1.54) is 0 Å². The molecule has 0 aliphatic heterocycles. The number of pyridine rings is 1. The van der Waals surface area contributed by atoms with Crippen LogP contribution in [0.4, 0.5) is 19.0 Å². The highest BCUT2D eigenvalue weighted by Crippen LogP contribution is 2.28. The van der Waals surface area contributed by atoms with E-state index >= 15 is 0 Å². The zero-order valence-corrected chi connectivity index (χ0v) is 13.1. The van der Waals surface area contributed by atoms with Crippen LogP contribution in [0.2, 0.25) is 0 Å². The van der Waals surface area contributed by atoms with Crippen LogP contribution in [0, 0.1) is 13.8 Å². The van der Waals surface area contributed by atoms with E-state index in [-0.39, 0.29) is 11.6 Å². The van der Waals surface area contributed by atoms with Gasteiger partial charge in [0.2, 0.25) is 5.91 Å². The molecule has 5 nitrogen and oxygen atoms in total. The Morgan fingerprint density at radius 3 is 2.39 bits per heavy atom. The first kappa shape index (κ1) is 17.2. The Kier molecular flexibility index (Phi) is 5.19. The molecule has 23 heavy (non-hydrogen) atoms. The molecule has 0 spiro atoms. The molecular weight excluding hydrogens is 329 g/mol. The second-order valence-electron chi connectivity index (χ2n) is 4.70. The fourth-order valence-electron chi connectivity index (χ4n) is 1.70. The molecule has 0 aliphatic rings. The van der Waals surface area contributed by atoms with Crippen molar-refractivity contribution in [2.45, 2.75) is 25.2 Å². The first-order chi connectivity index (χ1) is 10.7. The summed E-state index contributed by atoms with van der Waals surface area (Å²) in [6, 6.07) is 3.79. The van der Waals surface area contributed by atoms with E-state index in [0.29, 0.717) is 11.4 Å². The lowest BCUT2D eigenvalue weighted by atomic mass is 10.3. The van der Waals surface area contributed by atoms with Crippen molar-refractivity contribution in [3.05, 3.63) is 41.3 Å². The summed E-state index contributed by atoms with van der Waals surface area (Å²) in [5.41, 5.74) is 0.725. The van der Waals surface area contributed by atoms with Crippen LogP contribution in [0.15, 0.2) is 29.6 Å². The highest BCUT2D eigenvalue weighted by molar-refractivity contribution is 7.99. The third kappa shape index (κ3) is 5.20. The lowest BCUT2D eigenvalue weighted by Crippen LogP contribution is -2.16. The van der Waals surface area contributed by atoms with Gasteiger partial charge in [-0.25, -0.2) is 15.0 Å². The number of carbonyl (C=O) groups excluding carboxylic acids is 1. The normalized spacial score (nSPS) is 11.3. The molecule has 0 radical (unpaired) electrons. The molecule has 2 aromatic rings. The Morgan fingerprint density at radius 1 is 1.22 bits per heavy atom. The van der Waals surface area contributed by atoms with Gasteiger partial charge in [0, 0.05) is 17.6 Å². The monoisotopic (exact) mass is 342 g/mol. The van der Waals surface area contributed by atoms with Crippen molar-refractivity contribution < 1.29 is 18.0 Å². The summed E-state index contributed by atoms with van der Waals surface area (Å²) in [6.45, 7) is 3.65. The molecule has 122 valence electrons. The van der Waals surface area contributed by atoms with Crippen molar-refractivity contribution in [1.82, 2.24) is 15.0 Å². The van der Waals surface area contributed by atoms with Crippen molar-refractivity contribution in [2.24, 2.45) is 0 Å². The summed E-state index contributed by atoms with van der Waals surface area (Å²) < 4.78 is 37.2. The summed E-state index contributed by atoms with van der Waals surface area (Å²) >= 11 is 1.14. The average Bonchev–Trinajstić information content (AvgIpc) is 2.44. The standard InChI is InChI=1S/C14H13F3N4OS/c1-8-5-9(2)20-13(19-8)23-7-12(22)21-11-4-3-10(6-18-11)14(15,16)17/h3-6H,7H2,1-2H3,(H,18,21,22). The maximum Gasteiger partial charge on any atom is 0.417 e. The van der Waals surface area contributed by atoms with Gasteiger partial charge in [-0.1, -0.05) is 11.8 Å². The summed E-state index contributed by atoms with van der Waals surface area (Å²) in [5.74, 6) is -0.305. The van der Waals surface area contributed by atoms with Gasteiger partial charge in [0.15, 0.2) is 5.16 Å². The molecule has 0 unspecified atom stereocenters. The molecule has 2 aromatic heterocycles. The van der Waals surface area contributed by atoms with Crippen molar-refractivity contribution in [1.29, 1.82) is 0 Å². The van der Waals surface area contributed by atoms with E-state index in [2.05, 4.69) is 20.3 Å². The van der Waals surface area contributed by atoms with Crippen LogP contribution < -0.4 is 5.32 Å². The molecule has 1 N–H and O–H groups in total. The number of aryl methyl sites for hydroxylation is 2. The second kappa shape index (κ2) is 6.95. The van der Waals surface area contributed by atoms with Gasteiger partial charge in [-0.3, -0.25) is 4.79 Å². The number of rotatable bonds is 4. The number of carbonyl (C=O) groups is 1. The average molecular weight is 342 g/mol. The van der Waals surface area contributed by atoms with Gasteiger partial charge in [0.25, 0.3) is 0 Å². The maximum atomic E-state index is 12.4. The molecule has 0 aliphatic carbocycles. The van der Waals surface area contributed by atoms with E-state index < -0.39 is 17.6 Å². The van der Waals surface area contributed by atoms with Gasteiger partial charge in [0.05, 0.1) is 11.3 Å². The zero-order chi connectivity index (χ0) is 17.0. The Bertz CT molecular complexity index is 684. The predicted molar refractivity (Wildman–Crippen MR) is 80.1 cm³/mol. The molecule has 0 saturated heterocycles. The van der Waals surface area contributed by atoms with Crippen LogP contribution in [0.25, 0.3) is 0 Å². The smallest absolute Gasteiger partial charge is 0.310 e. The molecule has 0 atom stereocenters. The number of hydrogen-bond acceptors (Lipinski definition) is 5. The molecule has 0 fully saturated rings. The minimum atomic E-state index is -4.45. The van der Waals surface area contributed by atoms with E-state index in [9.17, 15) is 18.0 Å². The molecule has 9 heteroatoms. The van der Waals surface area contributed by atoms with Gasteiger partial charge in [-0.05, 0) is 32.0 Å². The maximum absolute atomic E-state index is 12.4. The van der Waals surface area contributed by atoms with Gasteiger partial charge in [-0.15, -0.1) is 0 Å². The quantitative estimate of drug-likeness (QED) is 0.682. The Morgan fingerprint density at radius 2 is 1.87 bits per heavy atom. The highest BCUT2D eigenvalue weighted by atomic mass is 32.2. The SMILES string of the molecule is Cc1cc(C)nc(SCC(=O)Nc2ccc(C(F)(F)F)cn2)n1. The molecule has 2 heterocycles. The lowest BCUT2D eigenvalue weighted by molar-refractivity contribution is -0.137. The zero-order valence-electron chi connectivity index (χ0n) is 12.3. The van der Waals surface area contributed by atoms with E-state index in [1.54, 1.807) is 0 Å². The summed E-state index contributed by atoms with van der Waals surface area (Å²) in [5, 5.41) is 2.90. The highest BCUT2D eigenvalue weighted by Gasteiger charge is 2.30. The third-order valence-corrected chi connectivity index (χ3v) is 3.50. The van der Waals surface area contributed by atoms with Crippen LogP contribution in [-0.4, -0.2) is 26.6 Å². The number of hydrogen-bond donors (Lipinski definition) is 1. The van der Waals surface area contributed by atoms with E-state index in [0.717, 1.165) is 35.3 Å². The third-order valence-electron chi connectivity index (χ3n) is 2.65. The topological polar surface area (TPSA) is 67.8 Å². The van der Waals surface area contributed by atoms with Crippen LogP contribution in [-0.2, 0) is 11.0 Å². The lowest BCUT2D eigenvalue weighted by Gasteiger charge is -2.08. The predicted octanol–water partition coefficient (Wildman–Crippen LogP) is 3.24. The molecule has 1 amide bonds. The van der Waals surface area contributed by atoms with Crippen molar-refractivity contribution in [3.63, 3.8) is 0 Å². The van der Waals surface area contributed by atoms with Crippen LogP contribution in [0.3, 0.4) is 0 Å². The van der Waals surface area contributed by atoms with Gasteiger partial charge >= 0.3 is 6.18 Å². The second-order valence-corrected chi connectivity index (χ2v) is 5.64. The number of nitrogens with zero attached hydrogens (tertiary/aromatic N) is 3. The van der Waals surface area contributed by atoms with Crippen LogP contribution in [0.1, 0.15) is 17.0 Å². The molecule has 0 saturated carbocycles. The number of thioether (sulfide) groups is 1. The molecule has 0 bridgehead atoms. The van der Waals surface area contributed by atoms with Crippen LogP contribution >= 0.6 is 11.8 Å². The van der Waals surface area contributed by atoms with Crippen molar-refractivity contribution in [3.8, 4) is 0 Å². The first-order valence-corrected chi connectivity index (χ1v) is 7.51. The first-order valence-electron chi connectivity index (χ1n) is 6.52. The number of aromatic nitrogens is 3. The fraction of sp³-hybridized carbons (Fsp3) is 0.286. The number of nitrogens with one attached hydrogen (secondary N) is 1.